The van der Waals surface area contributed by atoms with E-state index in [1.807, 2.05) is 48.1 Å². The fourth-order valence-corrected chi connectivity index (χ4v) is 3.55. The number of fused-ring (bicyclic) bond motifs is 1. The molecule has 0 aliphatic heterocycles. The summed E-state index contributed by atoms with van der Waals surface area (Å²) in [6.07, 6.45) is 5.04. The van der Waals surface area contributed by atoms with Crippen molar-refractivity contribution in [1.29, 1.82) is 10.7 Å². The highest BCUT2D eigenvalue weighted by Crippen LogP contribution is 2.38. The van der Waals surface area contributed by atoms with Gasteiger partial charge in [0, 0.05) is 54.3 Å². The van der Waals surface area contributed by atoms with Crippen LogP contribution in [0.25, 0.3) is 33.3 Å². The van der Waals surface area contributed by atoms with Crippen LogP contribution in [0.15, 0.2) is 54.9 Å². The summed E-state index contributed by atoms with van der Waals surface area (Å²) in [7, 11) is 3.74. The number of hydrogen-bond acceptors (Lipinski definition) is 4. The maximum absolute atomic E-state index is 14.4. The van der Waals surface area contributed by atoms with Gasteiger partial charge in [-0.2, -0.15) is 5.26 Å². The van der Waals surface area contributed by atoms with E-state index in [1.54, 1.807) is 19.3 Å². The van der Waals surface area contributed by atoms with Crippen LogP contribution < -0.4 is 5.32 Å². The third-order valence-corrected chi connectivity index (χ3v) is 5.07. The van der Waals surface area contributed by atoms with E-state index in [9.17, 15) is 4.39 Å². The SMILES string of the molecule is CNc1cc(-c2ncc3c(ccn3C)c2-c2ccc(C#N)c(F)c2)ccc1C=N. The van der Waals surface area contributed by atoms with Crippen molar-refractivity contribution in [2.45, 2.75) is 0 Å². The summed E-state index contributed by atoms with van der Waals surface area (Å²) < 4.78 is 16.4. The fraction of sp³-hybridized carbons (Fsp3) is 0.0870. The molecule has 2 aromatic heterocycles. The van der Waals surface area contributed by atoms with Crippen molar-refractivity contribution in [2.24, 2.45) is 7.05 Å². The smallest absolute Gasteiger partial charge is 0.141 e. The Morgan fingerprint density at radius 2 is 1.97 bits per heavy atom. The number of rotatable bonds is 4. The van der Waals surface area contributed by atoms with Crippen molar-refractivity contribution in [2.75, 3.05) is 12.4 Å². The minimum Gasteiger partial charge on any atom is -0.388 e. The Kier molecular flexibility index (Phi) is 4.57. The second kappa shape index (κ2) is 7.21. The molecule has 2 heterocycles. The number of anilines is 1. The van der Waals surface area contributed by atoms with Crippen LogP contribution in [0.5, 0.6) is 0 Å². The molecule has 6 heteroatoms. The number of benzene rings is 2. The molecule has 0 saturated heterocycles. The molecule has 2 N–H and O–H groups in total. The second-order valence-electron chi connectivity index (χ2n) is 6.71. The molecular weight excluding hydrogens is 365 g/mol. The minimum absolute atomic E-state index is 0.0105. The molecule has 0 fully saturated rings. The number of pyridine rings is 1. The summed E-state index contributed by atoms with van der Waals surface area (Å²) in [5, 5.41) is 20.7. The third-order valence-electron chi connectivity index (χ3n) is 5.07. The Hall–Kier alpha value is -3.98. The van der Waals surface area contributed by atoms with Gasteiger partial charge in [-0.3, -0.25) is 4.98 Å². The second-order valence-corrected chi connectivity index (χ2v) is 6.71. The molecule has 0 aliphatic carbocycles. The van der Waals surface area contributed by atoms with Crippen LogP contribution in [0.3, 0.4) is 0 Å². The highest BCUT2D eigenvalue weighted by molar-refractivity contribution is 6.02. The van der Waals surface area contributed by atoms with Crippen LogP contribution in [0.2, 0.25) is 0 Å². The van der Waals surface area contributed by atoms with Crippen molar-refractivity contribution >= 4 is 22.8 Å². The van der Waals surface area contributed by atoms with Crippen LogP contribution >= 0.6 is 0 Å². The molecule has 0 unspecified atom stereocenters. The van der Waals surface area contributed by atoms with Gasteiger partial charge in [0.25, 0.3) is 0 Å². The predicted molar refractivity (Wildman–Crippen MR) is 114 cm³/mol. The number of aromatic nitrogens is 2. The summed E-state index contributed by atoms with van der Waals surface area (Å²) in [5.41, 5.74) is 5.53. The summed E-state index contributed by atoms with van der Waals surface area (Å²) >= 11 is 0. The van der Waals surface area contributed by atoms with E-state index in [0.717, 1.165) is 33.3 Å². The molecule has 0 bridgehead atoms. The Morgan fingerprint density at radius 1 is 1.17 bits per heavy atom. The molecule has 0 aliphatic rings. The van der Waals surface area contributed by atoms with Gasteiger partial charge in [-0.15, -0.1) is 0 Å². The summed E-state index contributed by atoms with van der Waals surface area (Å²) in [5.74, 6) is -0.557. The molecule has 5 nitrogen and oxygen atoms in total. The molecule has 142 valence electrons. The lowest BCUT2D eigenvalue weighted by Gasteiger charge is -2.14. The first-order valence-electron chi connectivity index (χ1n) is 9.04. The number of aryl methyl sites for hydroxylation is 1. The molecular formula is C23H18FN5. The van der Waals surface area contributed by atoms with Crippen LogP contribution in [0, 0.1) is 22.6 Å². The molecule has 0 saturated carbocycles. The molecule has 0 atom stereocenters. The first kappa shape index (κ1) is 18.4. The number of nitrogens with zero attached hydrogens (tertiary/aromatic N) is 3. The molecule has 4 rings (SSSR count). The van der Waals surface area contributed by atoms with E-state index in [2.05, 4.69) is 5.32 Å². The van der Waals surface area contributed by atoms with E-state index in [0.29, 0.717) is 11.3 Å². The maximum atomic E-state index is 14.4. The zero-order valence-electron chi connectivity index (χ0n) is 16.0. The summed E-state index contributed by atoms with van der Waals surface area (Å²) in [4.78, 5) is 4.70. The Labute approximate surface area is 167 Å². The van der Waals surface area contributed by atoms with Gasteiger partial charge < -0.3 is 15.3 Å². The fourth-order valence-electron chi connectivity index (χ4n) is 3.55. The number of hydrogen-bond donors (Lipinski definition) is 2. The van der Waals surface area contributed by atoms with Gasteiger partial charge in [-0.25, -0.2) is 4.39 Å². The van der Waals surface area contributed by atoms with Crippen molar-refractivity contribution in [3.05, 3.63) is 71.8 Å². The topological polar surface area (TPSA) is 77.5 Å². The predicted octanol–water partition coefficient (Wildman–Crippen LogP) is 4.96. The van der Waals surface area contributed by atoms with Gasteiger partial charge in [-0.05, 0) is 29.8 Å². The Balaban J connectivity index is 2.03. The van der Waals surface area contributed by atoms with Gasteiger partial charge in [0.05, 0.1) is 23.0 Å². The standard InChI is InChI=1S/C23H18FN5/c1-27-20-10-15(4-6-17(20)12-26)23-22(14-3-5-16(11-25)19(24)9-14)18-7-8-29(2)21(18)13-28-23/h3-10,12-13,26-27H,1-2H3. The highest BCUT2D eigenvalue weighted by Gasteiger charge is 2.17. The molecule has 0 radical (unpaired) electrons. The molecule has 0 amide bonds. The zero-order chi connectivity index (χ0) is 20.5. The van der Waals surface area contributed by atoms with Crippen LogP contribution in [-0.2, 0) is 7.05 Å². The lowest BCUT2D eigenvalue weighted by atomic mass is 9.94. The van der Waals surface area contributed by atoms with E-state index < -0.39 is 5.82 Å². The lowest BCUT2D eigenvalue weighted by Crippen LogP contribution is -1.97. The van der Waals surface area contributed by atoms with Gasteiger partial charge in [0.1, 0.15) is 11.9 Å². The molecule has 4 aromatic rings. The Bertz CT molecular complexity index is 1300. The maximum Gasteiger partial charge on any atom is 0.141 e. The average molecular weight is 383 g/mol. The molecule has 0 spiro atoms. The van der Waals surface area contributed by atoms with Crippen molar-refractivity contribution in [3.8, 4) is 28.5 Å². The van der Waals surface area contributed by atoms with Crippen molar-refractivity contribution in [3.63, 3.8) is 0 Å². The van der Waals surface area contributed by atoms with E-state index >= 15 is 0 Å². The lowest BCUT2D eigenvalue weighted by molar-refractivity contribution is 0.624. The third kappa shape index (κ3) is 3.03. The quantitative estimate of drug-likeness (QED) is 0.489. The van der Waals surface area contributed by atoms with E-state index in [1.165, 1.54) is 18.3 Å². The minimum atomic E-state index is -0.557. The number of nitriles is 1. The van der Waals surface area contributed by atoms with E-state index in [4.69, 9.17) is 15.7 Å². The molecule has 29 heavy (non-hydrogen) atoms. The first-order valence-corrected chi connectivity index (χ1v) is 9.04. The highest BCUT2D eigenvalue weighted by atomic mass is 19.1. The number of halogens is 1. The van der Waals surface area contributed by atoms with Crippen LogP contribution in [0.1, 0.15) is 11.1 Å². The van der Waals surface area contributed by atoms with Crippen LogP contribution in [-0.4, -0.2) is 22.8 Å². The molecule has 2 aromatic carbocycles. The monoisotopic (exact) mass is 383 g/mol. The van der Waals surface area contributed by atoms with Crippen LogP contribution in [0.4, 0.5) is 10.1 Å². The largest absolute Gasteiger partial charge is 0.388 e. The van der Waals surface area contributed by atoms with Crippen molar-refractivity contribution < 1.29 is 4.39 Å². The normalized spacial score (nSPS) is 10.7. The van der Waals surface area contributed by atoms with Crippen molar-refractivity contribution in [1.82, 2.24) is 9.55 Å². The van der Waals surface area contributed by atoms with Gasteiger partial charge in [0.15, 0.2) is 0 Å². The zero-order valence-corrected chi connectivity index (χ0v) is 16.0. The summed E-state index contributed by atoms with van der Waals surface area (Å²) in [6.45, 7) is 0. The van der Waals surface area contributed by atoms with Gasteiger partial charge in [0.2, 0.25) is 0 Å². The van der Waals surface area contributed by atoms with E-state index in [-0.39, 0.29) is 5.56 Å². The summed E-state index contributed by atoms with van der Waals surface area (Å²) in [6, 6.07) is 14.2. The van der Waals surface area contributed by atoms with Gasteiger partial charge in [-0.1, -0.05) is 18.2 Å². The first-order chi connectivity index (χ1) is 14.1. The average Bonchev–Trinajstić information content (AvgIpc) is 3.13. The Morgan fingerprint density at radius 3 is 2.66 bits per heavy atom. The van der Waals surface area contributed by atoms with Gasteiger partial charge >= 0.3 is 0 Å². The number of nitrogens with one attached hydrogen (secondary N) is 2.